The molecule has 0 saturated carbocycles. The lowest BCUT2D eigenvalue weighted by molar-refractivity contribution is -0.113. The van der Waals surface area contributed by atoms with E-state index >= 15 is 0 Å². The Morgan fingerprint density at radius 1 is 1.29 bits per heavy atom. The number of amides is 1. The third-order valence-electron chi connectivity index (χ3n) is 5.15. The molecule has 0 bridgehead atoms. The second-order valence-electron chi connectivity index (χ2n) is 7.58. The maximum absolute atomic E-state index is 13.1. The van der Waals surface area contributed by atoms with E-state index in [1.165, 1.54) is 15.9 Å². The minimum Gasteiger partial charge on any atom is -0.462 e. The van der Waals surface area contributed by atoms with Crippen molar-refractivity contribution < 1.29 is 14.3 Å². The Balaban J connectivity index is 1.51. The summed E-state index contributed by atoms with van der Waals surface area (Å²) in [6.45, 7) is 7.89. The lowest BCUT2D eigenvalue weighted by Crippen LogP contribution is -2.23. The Morgan fingerprint density at radius 3 is 2.82 bits per heavy atom. The molecule has 0 spiro atoms. The zero-order chi connectivity index (χ0) is 24.1. The molecule has 1 fully saturated rings. The van der Waals surface area contributed by atoms with Crippen LogP contribution < -0.4 is 15.8 Å². The topological polar surface area (TPSA) is 106 Å². The molecule has 0 unspecified atom stereocenters. The highest BCUT2D eigenvalue weighted by Crippen LogP contribution is 2.29. The molecule has 11 heteroatoms. The minimum atomic E-state index is -0.449. The van der Waals surface area contributed by atoms with Gasteiger partial charge >= 0.3 is 5.97 Å². The maximum atomic E-state index is 13.1. The van der Waals surface area contributed by atoms with E-state index in [0.29, 0.717) is 26.8 Å². The van der Waals surface area contributed by atoms with Crippen LogP contribution in [0.15, 0.2) is 46.9 Å². The number of hydrogen-bond donors (Lipinski definition) is 1. The predicted octanol–water partition coefficient (Wildman–Crippen LogP) is 3.55. The predicted molar refractivity (Wildman–Crippen MR) is 135 cm³/mol. The summed E-state index contributed by atoms with van der Waals surface area (Å²) in [4.78, 5) is 49.0. The summed E-state index contributed by atoms with van der Waals surface area (Å²) in [6, 6.07) is 6.55. The summed E-state index contributed by atoms with van der Waals surface area (Å²) in [5, 5.41) is 3.99. The van der Waals surface area contributed by atoms with Crippen LogP contribution in [-0.2, 0) is 16.1 Å². The van der Waals surface area contributed by atoms with Gasteiger partial charge in [0.2, 0.25) is 5.91 Å². The van der Waals surface area contributed by atoms with Crippen molar-refractivity contribution in [2.75, 3.05) is 35.7 Å². The van der Waals surface area contributed by atoms with Gasteiger partial charge in [-0.3, -0.25) is 14.2 Å². The number of nitrogens with one attached hydrogen (secondary N) is 1. The highest BCUT2D eigenvalue weighted by molar-refractivity contribution is 7.99. The molecule has 34 heavy (non-hydrogen) atoms. The summed E-state index contributed by atoms with van der Waals surface area (Å²) in [5.41, 5.74) is 1.06. The first-order valence-electron chi connectivity index (χ1n) is 11.0. The first-order chi connectivity index (χ1) is 16.5. The summed E-state index contributed by atoms with van der Waals surface area (Å²) in [5.74, 6) is -0.709. The Morgan fingerprint density at radius 2 is 2.09 bits per heavy atom. The number of hydrogen-bond acceptors (Lipinski definition) is 9. The number of anilines is 2. The molecule has 178 valence electrons. The molecule has 4 rings (SSSR count). The summed E-state index contributed by atoms with van der Waals surface area (Å²) in [6.07, 6.45) is 3.86. The maximum Gasteiger partial charge on any atom is 0.338 e. The van der Waals surface area contributed by atoms with E-state index in [1.54, 1.807) is 37.3 Å². The number of rotatable bonds is 9. The van der Waals surface area contributed by atoms with Crippen LogP contribution in [0.3, 0.4) is 0 Å². The van der Waals surface area contributed by atoms with Crippen molar-refractivity contribution in [3.05, 3.63) is 52.8 Å². The zero-order valence-corrected chi connectivity index (χ0v) is 20.4. The van der Waals surface area contributed by atoms with Gasteiger partial charge in [-0.05, 0) is 38.0 Å². The molecule has 1 aliphatic heterocycles. The van der Waals surface area contributed by atoms with E-state index in [1.807, 2.05) is 0 Å². The number of thiazole rings is 1. The number of esters is 1. The molecule has 0 aliphatic carbocycles. The quantitative estimate of drug-likeness (QED) is 0.206. The Labute approximate surface area is 204 Å². The largest absolute Gasteiger partial charge is 0.462 e. The van der Waals surface area contributed by atoms with Gasteiger partial charge in [-0.1, -0.05) is 35.2 Å². The van der Waals surface area contributed by atoms with Crippen LogP contribution >= 0.6 is 23.1 Å². The smallest absolute Gasteiger partial charge is 0.338 e. The normalized spacial score (nSPS) is 13.3. The lowest BCUT2D eigenvalue weighted by Gasteiger charge is -2.11. The molecular formula is C23H25N5O4S2. The van der Waals surface area contributed by atoms with E-state index in [4.69, 9.17) is 4.74 Å². The molecular weight excluding hydrogens is 474 g/mol. The zero-order valence-electron chi connectivity index (χ0n) is 18.8. The first kappa shape index (κ1) is 24.0. The van der Waals surface area contributed by atoms with E-state index in [-0.39, 0.29) is 30.4 Å². The first-order valence-corrected chi connectivity index (χ1v) is 12.8. The number of thioether (sulfide) groups is 1. The van der Waals surface area contributed by atoms with Gasteiger partial charge in [0.15, 0.2) is 15.9 Å². The van der Waals surface area contributed by atoms with E-state index < -0.39 is 5.97 Å². The number of fused-ring (bicyclic) bond motifs is 1. The van der Waals surface area contributed by atoms with Crippen LogP contribution in [0.5, 0.6) is 0 Å². The number of allylic oxidation sites excluding steroid dienone is 1. The van der Waals surface area contributed by atoms with E-state index in [9.17, 15) is 14.4 Å². The number of benzene rings is 1. The van der Waals surface area contributed by atoms with Gasteiger partial charge in [-0.15, -0.1) is 6.58 Å². The molecule has 3 aromatic rings. The monoisotopic (exact) mass is 499 g/mol. The van der Waals surface area contributed by atoms with Crippen molar-refractivity contribution >= 4 is 56.1 Å². The van der Waals surface area contributed by atoms with Gasteiger partial charge in [0.1, 0.15) is 4.70 Å². The Kier molecular flexibility index (Phi) is 7.63. The third-order valence-corrected chi connectivity index (χ3v) is 7.22. The molecule has 1 amide bonds. The Bertz CT molecular complexity index is 1280. The fraction of sp³-hybridized carbons (Fsp3) is 0.348. The third kappa shape index (κ3) is 5.31. The molecule has 2 aromatic heterocycles. The molecule has 0 radical (unpaired) electrons. The van der Waals surface area contributed by atoms with Crippen LogP contribution in [0, 0.1) is 0 Å². The highest BCUT2D eigenvalue weighted by atomic mass is 32.2. The number of ether oxygens (including phenoxy) is 1. The molecule has 1 N–H and O–H groups in total. The van der Waals surface area contributed by atoms with Crippen molar-refractivity contribution in [3.8, 4) is 0 Å². The SMILES string of the molecule is C=CCn1c(SCC(=O)Nc2cccc(C(=O)OCC)c2)nc2nc(N3CCCC3)sc2c1=O. The van der Waals surface area contributed by atoms with Crippen molar-refractivity contribution in [2.24, 2.45) is 0 Å². The number of carbonyl (C=O) groups excluding carboxylic acids is 2. The number of carbonyl (C=O) groups is 2. The molecule has 3 heterocycles. The second-order valence-corrected chi connectivity index (χ2v) is 9.50. The fourth-order valence-corrected chi connectivity index (χ4v) is 5.39. The van der Waals surface area contributed by atoms with E-state index in [0.717, 1.165) is 42.8 Å². The van der Waals surface area contributed by atoms with Crippen molar-refractivity contribution in [1.29, 1.82) is 0 Å². The lowest BCUT2D eigenvalue weighted by atomic mass is 10.2. The van der Waals surface area contributed by atoms with Crippen molar-refractivity contribution in [2.45, 2.75) is 31.5 Å². The van der Waals surface area contributed by atoms with Gasteiger partial charge in [-0.2, -0.15) is 4.98 Å². The van der Waals surface area contributed by atoms with Crippen molar-refractivity contribution in [3.63, 3.8) is 0 Å². The highest BCUT2D eigenvalue weighted by Gasteiger charge is 2.21. The summed E-state index contributed by atoms with van der Waals surface area (Å²) < 4.78 is 7.02. The van der Waals surface area contributed by atoms with Gasteiger partial charge in [-0.25, -0.2) is 9.78 Å². The van der Waals surface area contributed by atoms with Gasteiger partial charge in [0, 0.05) is 25.3 Å². The van der Waals surface area contributed by atoms with Crippen LogP contribution in [0.2, 0.25) is 0 Å². The van der Waals surface area contributed by atoms with Gasteiger partial charge in [0.25, 0.3) is 5.56 Å². The molecule has 1 aliphatic rings. The van der Waals surface area contributed by atoms with Gasteiger partial charge < -0.3 is 15.0 Å². The average Bonchev–Trinajstić information content (AvgIpc) is 3.50. The standard InChI is InChI=1S/C23H25N5O4S2/c1-3-10-28-20(30)18-19(25-22(34-18)27-11-5-6-12-27)26-23(28)33-14-17(29)24-16-9-7-8-15(13-16)21(31)32-4-2/h3,7-9,13H,1,4-6,10-12,14H2,2H3,(H,24,29). The van der Waals surface area contributed by atoms with Crippen LogP contribution in [0.1, 0.15) is 30.1 Å². The Hall–Kier alpha value is -3.18. The van der Waals surface area contributed by atoms with Crippen molar-refractivity contribution in [1.82, 2.24) is 14.5 Å². The average molecular weight is 500 g/mol. The van der Waals surface area contributed by atoms with Crippen LogP contribution in [-0.4, -0.2) is 51.9 Å². The molecule has 9 nitrogen and oxygen atoms in total. The van der Waals surface area contributed by atoms with Gasteiger partial charge in [0.05, 0.1) is 17.9 Å². The summed E-state index contributed by atoms with van der Waals surface area (Å²) >= 11 is 2.52. The second kappa shape index (κ2) is 10.8. The summed E-state index contributed by atoms with van der Waals surface area (Å²) in [7, 11) is 0. The molecule has 0 atom stereocenters. The molecule has 1 aromatic carbocycles. The van der Waals surface area contributed by atoms with E-state index in [2.05, 4.69) is 26.8 Å². The number of nitrogens with zero attached hydrogens (tertiary/aromatic N) is 4. The van der Waals surface area contributed by atoms with Crippen LogP contribution in [0.25, 0.3) is 10.3 Å². The minimum absolute atomic E-state index is 0.0296. The number of aromatic nitrogens is 3. The van der Waals surface area contributed by atoms with Crippen LogP contribution in [0.4, 0.5) is 10.8 Å². The molecule has 1 saturated heterocycles. The fourth-order valence-electron chi connectivity index (χ4n) is 3.59.